The summed E-state index contributed by atoms with van der Waals surface area (Å²) in [4.78, 5) is 0.367. The molecule has 2 rings (SSSR count). The molecule has 98 valence electrons. The first-order valence-electron chi connectivity index (χ1n) is 5.22. The molecule has 0 saturated carbocycles. The van der Waals surface area contributed by atoms with Crippen molar-refractivity contribution in [2.24, 2.45) is 0 Å². The van der Waals surface area contributed by atoms with Crippen LogP contribution in [0.2, 0.25) is 0 Å². The maximum Gasteiger partial charge on any atom is 0.271 e. The number of thiophene rings is 1. The topological polar surface area (TPSA) is 70.0 Å². The number of nitrogens with one attached hydrogen (secondary N) is 1. The van der Waals surface area contributed by atoms with Gasteiger partial charge < -0.3 is 0 Å². The largest absolute Gasteiger partial charge is 0.279 e. The van der Waals surface area contributed by atoms with E-state index in [-0.39, 0.29) is 4.21 Å². The van der Waals surface area contributed by atoms with E-state index >= 15 is 0 Å². The third kappa shape index (κ3) is 2.97. The molecule has 0 bridgehead atoms. The van der Waals surface area contributed by atoms with Gasteiger partial charge in [-0.1, -0.05) is 22.0 Å². The van der Waals surface area contributed by atoms with Gasteiger partial charge in [0.1, 0.15) is 15.2 Å². The lowest BCUT2D eigenvalue weighted by Crippen LogP contribution is -2.12. The molecule has 0 amide bonds. The summed E-state index contributed by atoms with van der Waals surface area (Å²) >= 11 is 4.30. The summed E-state index contributed by atoms with van der Waals surface area (Å²) < 4.78 is 27.8. The monoisotopic (exact) mass is 356 g/mol. The van der Waals surface area contributed by atoms with Crippen molar-refractivity contribution in [1.29, 1.82) is 5.26 Å². The van der Waals surface area contributed by atoms with Crippen LogP contribution >= 0.6 is 27.3 Å². The number of anilines is 1. The molecule has 1 N–H and O–H groups in total. The average Bonchev–Trinajstić information content (AvgIpc) is 2.84. The predicted octanol–water partition coefficient (Wildman–Crippen LogP) is 3.49. The lowest BCUT2D eigenvalue weighted by molar-refractivity contribution is 0.603. The van der Waals surface area contributed by atoms with E-state index in [1.54, 1.807) is 12.1 Å². The van der Waals surface area contributed by atoms with Crippen LogP contribution in [-0.4, -0.2) is 8.42 Å². The minimum atomic E-state index is -3.65. The van der Waals surface area contributed by atoms with E-state index < -0.39 is 10.0 Å². The van der Waals surface area contributed by atoms with Gasteiger partial charge in [-0.15, -0.1) is 11.3 Å². The first-order valence-corrected chi connectivity index (χ1v) is 8.31. The molecule has 1 heterocycles. The number of nitrogens with zero attached hydrogens (tertiary/aromatic N) is 1. The van der Waals surface area contributed by atoms with E-state index in [1.165, 1.54) is 12.1 Å². The van der Waals surface area contributed by atoms with Crippen molar-refractivity contribution in [3.05, 3.63) is 45.2 Å². The highest BCUT2D eigenvalue weighted by atomic mass is 79.9. The Bertz CT molecular complexity index is 760. The Balaban J connectivity index is 2.37. The fourth-order valence-corrected chi connectivity index (χ4v) is 4.03. The quantitative estimate of drug-likeness (QED) is 0.914. The molecule has 0 fully saturated rings. The zero-order valence-electron chi connectivity index (χ0n) is 9.84. The zero-order valence-corrected chi connectivity index (χ0v) is 13.1. The number of hydrogen-bond donors (Lipinski definition) is 1. The van der Waals surface area contributed by atoms with Crippen molar-refractivity contribution in [2.75, 3.05) is 4.72 Å². The van der Waals surface area contributed by atoms with Crippen LogP contribution in [0.25, 0.3) is 0 Å². The molecule has 1 aromatic heterocycles. The first kappa shape index (κ1) is 14.1. The molecule has 0 aliphatic heterocycles. The summed E-state index contributed by atoms with van der Waals surface area (Å²) in [6.45, 7) is 1.82. The Morgan fingerprint density at radius 3 is 2.68 bits per heavy atom. The fraction of sp³-hybridized carbons (Fsp3) is 0.0833. The molecule has 19 heavy (non-hydrogen) atoms. The number of hydrogen-bond acceptors (Lipinski definition) is 4. The van der Waals surface area contributed by atoms with Gasteiger partial charge in [-0.2, -0.15) is 5.26 Å². The Morgan fingerprint density at radius 1 is 1.32 bits per heavy atom. The number of nitriles is 1. The number of halogens is 1. The fourth-order valence-electron chi connectivity index (χ4n) is 1.44. The molecule has 2 aromatic rings. The molecular formula is C12H9BrN2O2S2. The minimum absolute atomic E-state index is 0.128. The van der Waals surface area contributed by atoms with E-state index in [0.29, 0.717) is 10.6 Å². The van der Waals surface area contributed by atoms with Crippen molar-refractivity contribution >= 4 is 43.0 Å². The third-order valence-electron chi connectivity index (χ3n) is 2.47. The Morgan fingerprint density at radius 2 is 2.05 bits per heavy atom. The summed E-state index contributed by atoms with van der Waals surface area (Å²) in [6.07, 6.45) is 0. The van der Waals surface area contributed by atoms with Crippen molar-refractivity contribution in [1.82, 2.24) is 0 Å². The molecule has 0 spiro atoms. The lowest BCUT2D eigenvalue weighted by Gasteiger charge is -2.10. The van der Waals surface area contributed by atoms with E-state index in [9.17, 15) is 8.42 Å². The zero-order chi connectivity index (χ0) is 14.0. The first-order chi connectivity index (χ1) is 8.94. The van der Waals surface area contributed by atoms with E-state index in [1.807, 2.05) is 19.1 Å². The van der Waals surface area contributed by atoms with Crippen LogP contribution in [0.3, 0.4) is 0 Å². The van der Waals surface area contributed by atoms with Crippen LogP contribution in [0.4, 0.5) is 5.69 Å². The molecule has 4 nitrogen and oxygen atoms in total. The Kier molecular flexibility index (Phi) is 3.94. The summed E-state index contributed by atoms with van der Waals surface area (Å²) in [6, 6.07) is 10.1. The van der Waals surface area contributed by atoms with E-state index in [0.717, 1.165) is 21.4 Å². The molecule has 0 atom stereocenters. The second-order valence-corrected chi connectivity index (χ2v) is 7.60. The number of sulfonamides is 1. The van der Waals surface area contributed by atoms with Gasteiger partial charge in [-0.3, -0.25) is 4.72 Å². The minimum Gasteiger partial charge on any atom is -0.279 e. The van der Waals surface area contributed by atoms with Gasteiger partial charge in [0.15, 0.2) is 0 Å². The maximum absolute atomic E-state index is 12.2. The highest BCUT2D eigenvalue weighted by molar-refractivity contribution is 9.10. The molecule has 0 saturated heterocycles. The van der Waals surface area contributed by atoms with Crippen molar-refractivity contribution in [3.63, 3.8) is 0 Å². The smallest absolute Gasteiger partial charge is 0.271 e. The molecule has 0 aliphatic rings. The number of benzene rings is 1. The molecule has 0 unspecified atom stereocenters. The molecule has 7 heteroatoms. The standard InChI is InChI=1S/C12H9BrN2O2S2/c1-8-10(13)3-2-4-11(8)15-19(16,17)12-6-5-9(7-14)18-12/h2-6,15H,1H3. The van der Waals surface area contributed by atoms with E-state index in [2.05, 4.69) is 20.7 Å². The summed E-state index contributed by atoms with van der Waals surface area (Å²) in [5.41, 5.74) is 1.32. The molecule has 0 aliphatic carbocycles. The average molecular weight is 357 g/mol. The molecule has 0 radical (unpaired) electrons. The summed E-state index contributed by atoms with van der Waals surface area (Å²) in [5.74, 6) is 0. The van der Waals surface area contributed by atoms with E-state index in [4.69, 9.17) is 5.26 Å². The number of rotatable bonds is 3. The second-order valence-electron chi connectivity index (χ2n) is 3.75. The SMILES string of the molecule is Cc1c(Br)cccc1NS(=O)(=O)c1ccc(C#N)s1. The van der Waals surface area contributed by atoms with Crippen molar-refractivity contribution < 1.29 is 8.42 Å². The predicted molar refractivity (Wildman–Crippen MR) is 78.7 cm³/mol. The highest BCUT2D eigenvalue weighted by Gasteiger charge is 2.18. The lowest BCUT2D eigenvalue weighted by atomic mass is 10.2. The highest BCUT2D eigenvalue weighted by Crippen LogP contribution is 2.28. The van der Waals surface area contributed by atoms with Crippen molar-refractivity contribution in [3.8, 4) is 6.07 Å². The van der Waals surface area contributed by atoms with Crippen LogP contribution in [0.1, 0.15) is 10.4 Å². The Hall–Kier alpha value is -1.36. The molecular weight excluding hydrogens is 348 g/mol. The summed E-state index contributed by atoms with van der Waals surface area (Å²) in [7, 11) is -3.65. The second kappa shape index (κ2) is 5.33. The van der Waals surface area contributed by atoms with Gasteiger partial charge in [-0.25, -0.2) is 8.42 Å². The van der Waals surface area contributed by atoms with Crippen LogP contribution in [-0.2, 0) is 10.0 Å². The van der Waals surface area contributed by atoms with Gasteiger partial charge in [0.2, 0.25) is 0 Å². The maximum atomic E-state index is 12.2. The third-order valence-corrected chi connectivity index (χ3v) is 6.17. The van der Waals surface area contributed by atoms with Crippen LogP contribution in [0, 0.1) is 18.3 Å². The molecule has 1 aromatic carbocycles. The van der Waals surface area contributed by atoms with Gasteiger partial charge in [0.25, 0.3) is 10.0 Å². The van der Waals surface area contributed by atoms with Gasteiger partial charge >= 0.3 is 0 Å². The van der Waals surface area contributed by atoms with Gasteiger partial charge in [0.05, 0.1) is 5.69 Å². The Labute approximate surface area is 123 Å². The summed E-state index contributed by atoms with van der Waals surface area (Å²) in [5, 5.41) is 8.73. The van der Waals surface area contributed by atoms with Crippen molar-refractivity contribution in [2.45, 2.75) is 11.1 Å². The van der Waals surface area contributed by atoms with Crippen LogP contribution in [0.5, 0.6) is 0 Å². The van der Waals surface area contributed by atoms with Crippen LogP contribution < -0.4 is 4.72 Å². The van der Waals surface area contributed by atoms with Crippen LogP contribution in [0.15, 0.2) is 39.0 Å². The van der Waals surface area contributed by atoms with Gasteiger partial charge in [-0.05, 0) is 36.8 Å². The normalized spacial score (nSPS) is 11.0. The van der Waals surface area contributed by atoms with Gasteiger partial charge in [0, 0.05) is 4.47 Å².